The van der Waals surface area contributed by atoms with Crippen LogP contribution in [0.2, 0.25) is 0 Å². The van der Waals surface area contributed by atoms with Gasteiger partial charge in [-0.25, -0.2) is 9.59 Å². The summed E-state index contributed by atoms with van der Waals surface area (Å²) >= 11 is 0. The number of carbonyl (C=O) groups is 2. The first-order chi connectivity index (χ1) is 16.2. The Kier molecular flexibility index (Phi) is 9.71. The first-order valence-corrected chi connectivity index (χ1v) is 11.8. The Morgan fingerprint density at radius 2 is 1.06 bits per heavy atom. The molecule has 3 aromatic carbocycles. The summed E-state index contributed by atoms with van der Waals surface area (Å²) in [6, 6.07) is 22.8. The largest absolute Gasteiger partial charge is 0.423 e. The fourth-order valence-electron chi connectivity index (χ4n) is 3.57. The number of rotatable bonds is 12. The number of hydrogen-bond acceptors (Lipinski definition) is 4. The van der Waals surface area contributed by atoms with E-state index in [0.29, 0.717) is 22.6 Å². The van der Waals surface area contributed by atoms with Crippen molar-refractivity contribution in [3.8, 4) is 11.5 Å². The SMILES string of the molecule is CCCCCCCCCc1ccc(C(=O)Oc2ccc(C(=O)Oc3ccccc3)cc2)cc1. The lowest BCUT2D eigenvalue weighted by Gasteiger charge is -2.07. The smallest absolute Gasteiger partial charge is 0.343 e. The van der Waals surface area contributed by atoms with Gasteiger partial charge in [0.15, 0.2) is 0 Å². The molecule has 0 radical (unpaired) electrons. The Bertz CT molecular complexity index is 992. The lowest BCUT2D eigenvalue weighted by molar-refractivity contribution is 0.0730. The monoisotopic (exact) mass is 444 g/mol. The molecule has 3 aromatic rings. The molecule has 0 aromatic heterocycles. The van der Waals surface area contributed by atoms with Crippen molar-refractivity contribution in [3.05, 3.63) is 95.6 Å². The second-order valence-electron chi connectivity index (χ2n) is 8.18. The zero-order valence-corrected chi connectivity index (χ0v) is 19.3. The quantitative estimate of drug-likeness (QED) is 0.166. The van der Waals surface area contributed by atoms with Crippen LogP contribution in [0.3, 0.4) is 0 Å². The van der Waals surface area contributed by atoms with Crippen molar-refractivity contribution in [1.29, 1.82) is 0 Å². The van der Waals surface area contributed by atoms with Crippen molar-refractivity contribution in [2.45, 2.75) is 58.3 Å². The highest BCUT2D eigenvalue weighted by atomic mass is 16.5. The van der Waals surface area contributed by atoms with Gasteiger partial charge in [-0.1, -0.05) is 75.8 Å². The zero-order chi connectivity index (χ0) is 23.3. The highest BCUT2D eigenvalue weighted by molar-refractivity contribution is 5.92. The lowest BCUT2D eigenvalue weighted by Crippen LogP contribution is -2.10. The Morgan fingerprint density at radius 1 is 0.576 bits per heavy atom. The van der Waals surface area contributed by atoms with Gasteiger partial charge >= 0.3 is 11.9 Å². The Hall–Kier alpha value is -3.40. The van der Waals surface area contributed by atoms with Crippen LogP contribution in [-0.4, -0.2) is 11.9 Å². The Labute approximate surface area is 196 Å². The molecule has 4 nitrogen and oxygen atoms in total. The van der Waals surface area contributed by atoms with Crippen molar-refractivity contribution < 1.29 is 19.1 Å². The van der Waals surface area contributed by atoms with E-state index in [4.69, 9.17) is 9.47 Å². The maximum absolute atomic E-state index is 12.5. The highest BCUT2D eigenvalue weighted by Crippen LogP contribution is 2.18. The molecule has 0 aliphatic carbocycles. The fraction of sp³-hybridized carbons (Fsp3) is 0.310. The van der Waals surface area contributed by atoms with Crippen LogP contribution in [0.4, 0.5) is 0 Å². The predicted octanol–water partition coefficient (Wildman–Crippen LogP) is 7.42. The van der Waals surface area contributed by atoms with E-state index in [1.807, 2.05) is 30.3 Å². The van der Waals surface area contributed by atoms with Crippen molar-refractivity contribution >= 4 is 11.9 Å². The van der Waals surface area contributed by atoms with E-state index in [9.17, 15) is 9.59 Å². The molecule has 33 heavy (non-hydrogen) atoms. The molecular weight excluding hydrogens is 412 g/mol. The molecule has 3 rings (SSSR count). The molecule has 0 atom stereocenters. The average Bonchev–Trinajstić information content (AvgIpc) is 2.85. The van der Waals surface area contributed by atoms with E-state index in [-0.39, 0.29) is 0 Å². The zero-order valence-electron chi connectivity index (χ0n) is 19.3. The molecule has 0 fully saturated rings. The Balaban J connectivity index is 1.44. The van der Waals surface area contributed by atoms with Gasteiger partial charge in [-0.2, -0.15) is 0 Å². The second-order valence-corrected chi connectivity index (χ2v) is 8.18. The number of para-hydroxylation sites is 1. The van der Waals surface area contributed by atoms with Crippen LogP contribution in [-0.2, 0) is 6.42 Å². The number of esters is 2. The summed E-state index contributed by atoms with van der Waals surface area (Å²) < 4.78 is 10.8. The van der Waals surface area contributed by atoms with Crippen LogP contribution in [0.15, 0.2) is 78.9 Å². The third kappa shape index (κ3) is 8.23. The molecular formula is C29H32O4. The molecule has 0 amide bonds. The first kappa shape index (κ1) is 24.2. The minimum atomic E-state index is -0.462. The molecule has 0 aliphatic rings. The highest BCUT2D eigenvalue weighted by Gasteiger charge is 2.11. The van der Waals surface area contributed by atoms with Crippen LogP contribution in [0.1, 0.15) is 78.1 Å². The number of ether oxygens (including phenoxy) is 2. The average molecular weight is 445 g/mol. The van der Waals surface area contributed by atoms with Gasteiger partial charge in [-0.05, 0) is 66.9 Å². The van der Waals surface area contributed by atoms with Gasteiger partial charge in [0.2, 0.25) is 0 Å². The molecule has 0 unspecified atom stereocenters. The van der Waals surface area contributed by atoms with Gasteiger partial charge < -0.3 is 9.47 Å². The third-order valence-electron chi connectivity index (χ3n) is 5.51. The number of benzene rings is 3. The number of aryl methyl sites for hydroxylation is 1. The van der Waals surface area contributed by atoms with Crippen LogP contribution in [0.25, 0.3) is 0 Å². The van der Waals surface area contributed by atoms with Crippen LogP contribution >= 0.6 is 0 Å². The van der Waals surface area contributed by atoms with E-state index < -0.39 is 11.9 Å². The second kappa shape index (κ2) is 13.2. The van der Waals surface area contributed by atoms with Crippen molar-refractivity contribution in [3.63, 3.8) is 0 Å². The van der Waals surface area contributed by atoms with E-state index in [1.54, 1.807) is 48.5 Å². The van der Waals surface area contributed by atoms with Crippen molar-refractivity contribution in [1.82, 2.24) is 0 Å². The summed E-state index contributed by atoms with van der Waals surface area (Å²) in [6.45, 7) is 2.24. The Morgan fingerprint density at radius 3 is 1.64 bits per heavy atom. The van der Waals surface area contributed by atoms with Gasteiger partial charge in [0.05, 0.1) is 11.1 Å². The molecule has 172 valence electrons. The number of unbranched alkanes of at least 4 members (excludes halogenated alkanes) is 6. The molecule has 0 saturated carbocycles. The molecule has 4 heteroatoms. The standard InChI is InChI=1S/C29H32O4/c1-2-3-4-5-6-7-9-12-23-15-17-24(18-16-23)28(30)33-27-21-19-25(20-22-27)29(31)32-26-13-10-8-11-14-26/h8,10-11,13-22H,2-7,9,12H2,1H3. The molecule has 0 spiro atoms. The van der Waals surface area contributed by atoms with Crippen molar-refractivity contribution in [2.24, 2.45) is 0 Å². The number of carbonyl (C=O) groups excluding carboxylic acids is 2. The predicted molar refractivity (Wildman–Crippen MR) is 131 cm³/mol. The topological polar surface area (TPSA) is 52.6 Å². The molecule has 0 aliphatic heterocycles. The molecule has 0 bridgehead atoms. The minimum Gasteiger partial charge on any atom is -0.423 e. The van der Waals surface area contributed by atoms with Gasteiger partial charge in [0, 0.05) is 0 Å². The van der Waals surface area contributed by atoms with Crippen LogP contribution in [0.5, 0.6) is 11.5 Å². The summed E-state index contributed by atoms with van der Waals surface area (Å²) in [5.41, 5.74) is 2.13. The van der Waals surface area contributed by atoms with E-state index >= 15 is 0 Å². The lowest BCUT2D eigenvalue weighted by atomic mass is 10.0. The van der Waals surface area contributed by atoms with Gasteiger partial charge in [0.1, 0.15) is 11.5 Å². The molecule has 0 heterocycles. The van der Waals surface area contributed by atoms with Crippen LogP contribution < -0.4 is 9.47 Å². The number of hydrogen-bond donors (Lipinski definition) is 0. The summed E-state index contributed by atoms with van der Waals surface area (Å²) in [5.74, 6) is -0.0236. The van der Waals surface area contributed by atoms with Gasteiger partial charge in [0.25, 0.3) is 0 Å². The van der Waals surface area contributed by atoms with E-state index in [2.05, 4.69) is 6.92 Å². The molecule has 0 saturated heterocycles. The summed E-state index contributed by atoms with van der Waals surface area (Å²) in [4.78, 5) is 24.7. The summed E-state index contributed by atoms with van der Waals surface area (Å²) in [5, 5.41) is 0. The maximum Gasteiger partial charge on any atom is 0.343 e. The van der Waals surface area contributed by atoms with E-state index in [1.165, 1.54) is 50.5 Å². The first-order valence-electron chi connectivity index (χ1n) is 11.8. The maximum atomic E-state index is 12.5. The molecule has 0 N–H and O–H groups in total. The fourth-order valence-corrected chi connectivity index (χ4v) is 3.57. The summed E-state index contributed by atoms with van der Waals surface area (Å²) in [7, 11) is 0. The normalized spacial score (nSPS) is 10.6. The third-order valence-corrected chi connectivity index (χ3v) is 5.51. The van der Waals surface area contributed by atoms with Crippen molar-refractivity contribution in [2.75, 3.05) is 0 Å². The van der Waals surface area contributed by atoms with Gasteiger partial charge in [-0.15, -0.1) is 0 Å². The van der Waals surface area contributed by atoms with E-state index in [0.717, 1.165) is 6.42 Å². The summed E-state index contributed by atoms with van der Waals surface area (Å²) in [6.07, 6.45) is 10.0. The van der Waals surface area contributed by atoms with Gasteiger partial charge in [-0.3, -0.25) is 0 Å². The van der Waals surface area contributed by atoms with Crippen LogP contribution in [0, 0.1) is 0 Å². The minimum absolute atomic E-state index is 0.378.